The van der Waals surface area contributed by atoms with E-state index in [0.717, 1.165) is 12.8 Å². The molecule has 1 N–H and O–H groups in total. The first kappa shape index (κ1) is 12.9. The molecule has 2 atom stereocenters. The van der Waals surface area contributed by atoms with Gasteiger partial charge in [-0.3, -0.25) is 0 Å². The van der Waals surface area contributed by atoms with Crippen LogP contribution in [-0.4, -0.2) is 34.8 Å². The van der Waals surface area contributed by atoms with Crippen LogP contribution in [0.25, 0.3) is 0 Å². The summed E-state index contributed by atoms with van der Waals surface area (Å²) in [5, 5.41) is 9.42. The summed E-state index contributed by atoms with van der Waals surface area (Å²) in [4.78, 5) is 13.8. The standard InChI is InChI=1S/C14H19NO3/c1-11(16)10-12-6-5-9-15(12)14(17)18-13-7-3-2-4-8-13/h2-4,7-8,11-12,16H,5-6,9-10H2,1H3. The highest BCUT2D eigenvalue weighted by molar-refractivity contribution is 5.71. The van der Waals surface area contributed by atoms with Crippen molar-refractivity contribution in [1.29, 1.82) is 0 Å². The summed E-state index contributed by atoms with van der Waals surface area (Å²) in [5.74, 6) is 0.560. The second-order valence-electron chi connectivity index (χ2n) is 4.76. The van der Waals surface area contributed by atoms with Crippen LogP contribution in [0.15, 0.2) is 30.3 Å². The number of ether oxygens (including phenoxy) is 1. The molecule has 0 spiro atoms. The second-order valence-corrected chi connectivity index (χ2v) is 4.76. The van der Waals surface area contributed by atoms with Gasteiger partial charge in [-0.1, -0.05) is 18.2 Å². The van der Waals surface area contributed by atoms with E-state index in [1.54, 1.807) is 24.0 Å². The predicted molar refractivity (Wildman–Crippen MR) is 68.5 cm³/mol. The van der Waals surface area contributed by atoms with Crippen LogP contribution < -0.4 is 4.74 Å². The molecule has 2 unspecified atom stereocenters. The zero-order valence-electron chi connectivity index (χ0n) is 10.6. The molecule has 1 amide bonds. The molecule has 1 saturated heterocycles. The Balaban J connectivity index is 1.96. The number of benzene rings is 1. The van der Waals surface area contributed by atoms with Crippen LogP contribution in [-0.2, 0) is 0 Å². The lowest BCUT2D eigenvalue weighted by molar-refractivity contribution is 0.117. The van der Waals surface area contributed by atoms with E-state index in [1.807, 2.05) is 18.2 Å². The summed E-state index contributed by atoms with van der Waals surface area (Å²) in [5.41, 5.74) is 0. The van der Waals surface area contributed by atoms with Crippen molar-refractivity contribution in [2.45, 2.75) is 38.3 Å². The summed E-state index contributed by atoms with van der Waals surface area (Å²) in [7, 11) is 0. The fraction of sp³-hybridized carbons (Fsp3) is 0.500. The minimum Gasteiger partial charge on any atom is -0.410 e. The maximum Gasteiger partial charge on any atom is 0.415 e. The van der Waals surface area contributed by atoms with Crippen molar-refractivity contribution in [3.05, 3.63) is 30.3 Å². The molecule has 0 aromatic heterocycles. The summed E-state index contributed by atoms with van der Waals surface area (Å²) in [6.07, 6.45) is 1.82. The molecule has 2 rings (SSSR count). The number of likely N-dealkylation sites (tertiary alicyclic amines) is 1. The predicted octanol–water partition coefficient (Wildman–Crippen LogP) is 2.42. The van der Waals surface area contributed by atoms with Crippen LogP contribution >= 0.6 is 0 Å². The number of nitrogens with zero attached hydrogens (tertiary/aromatic N) is 1. The van der Waals surface area contributed by atoms with E-state index < -0.39 is 0 Å². The minimum atomic E-state index is -0.389. The molecular formula is C14H19NO3. The fourth-order valence-corrected chi connectivity index (χ4v) is 2.36. The number of carbonyl (C=O) groups excluding carboxylic acids is 1. The zero-order valence-corrected chi connectivity index (χ0v) is 10.6. The molecule has 1 aromatic rings. The molecule has 0 bridgehead atoms. The van der Waals surface area contributed by atoms with Crippen LogP contribution in [0.2, 0.25) is 0 Å². The Morgan fingerprint density at radius 2 is 2.22 bits per heavy atom. The first-order chi connectivity index (χ1) is 8.66. The number of amides is 1. The first-order valence-electron chi connectivity index (χ1n) is 6.38. The third kappa shape index (κ3) is 3.23. The zero-order chi connectivity index (χ0) is 13.0. The normalized spacial score (nSPS) is 20.8. The smallest absolute Gasteiger partial charge is 0.410 e. The van der Waals surface area contributed by atoms with Crippen molar-refractivity contribution < 1.29 is 14.6 Å². The number of aliphatic hydroxyl groups is 1. The Bertz CT molecular complexity index is 391. The van der Waals surface area contributed by atoms with E-state index >= 15 is 0 Å². The van der Waals surface area contributed by atoms with Crippen molar-refractivity contribution in [3.8, 4) is 5.75 Å². The van der Waals surface area contributed by atoms with Crippen LogP contribution in [0.5, 0.6) is 5.75 Å². The Labute approximate surface area is 107 Å². The average molecular weight is 249 g/mol. The van der Waals surface area contributed by atoms with Crippen LogP contribution in [0.4, 0.5) is 4.79 Å². The molecule has 0 aliphatic carbocycles. The van der Waals surface area contributed by atoms with Crippen molar-refractivity contribution >= 4 is 6.09 Å². The van der Waals surface area contributed by atoms with Gasteiger partial charge in [-0.05, 0) is 38.3 Å². The molecule has 1 aliphatic rings. The van der Waals surface area contributed by atoms with Gasteiger partial charge in [-0.25, -0.2) is 4.79 Å². The van der Waals surface area contributed by atoms with Crippen LogP contribution in [0, 0.1) is 0 Å². The average Bonchev–Trinajstić information content (AvgIpc) is 2.77. The molecule has 98 valence electrons. The van der Waals surface area contributed by atoms with Crippen molar-refractivity contribution in [3.63, 3.8) is 0 Å². The van der Waals surface area contributed by atoms with Gasteiger partial charge in [0.05, 0.1) is 6.10 Å². The lowest BCUT2D eigenvalue weighted by Gasteiger charge is -2.24. The van der Waals surface area contributed by atoms with E-state index in [4.69, 9.17) is 4.74 Å². The highest BCUT2D eigenvalue weighted by Gasteiger charge is 2.30. The minimum absolute atomic E-state index is 0.0983. The number of hydrogen-bond acceptors (Lipinski definition) is 3. The monoisotopic (exact) mass is 249 g/mol. The van der Waals surface area contributed by atoms with E-state index in [2.05, 4.69) is 0 Å². The van der Waals surface area contributed by atoms with E-state index in [1.165, 1.54) is 0 Å². The maximum atomic E-state index is 12.0. The Hall–Kier alpha value is -1.55. The largest absolute Gasteiger partial charge is 0.415 e. The molecule has 1 heterocycles. The molecule has 0 radical (unpaired) electrons. The van der Waals surface area contributed by atoms with Gasteiger partial charge in [0, 0.05) is 12.6 Å². The molecule has 18 heavy (non-hydrogen) atoms. The van der Waals surface area contributed by atoms with Crippen molar-refractivity contribution in [2.24, 2.45) is 0 Å². The van der Waals surface area contributed by atoms with Crippen LogP contribution in [0.1, 0.15) is 26.2 Å². The fourth-order valence-electron chi connectivity index (χ4n) is 2.36. The van der Waals surface area contributed by atoms with E-state index in [-0.39, 0.29) is 18.2 Å². The molecular weight excluding hydrogens is 230 g/mol. The molecule has 0 saturated carbocycles. The molecule has 4 nitrogen and oxygen atoms in total. The summed E-state index contributed by atoms with van der Waals surface area (Å²) in [6.45, 7) is 2.46. The number of para-hydroxylation sites is 1. The quantitative estimate of drug-likeness (QED) is 0.895. The third-order valence-electron chi connectivity index (χ3n) is 3.17. The Kier molecular flexibility index (Phi) is 4.20. The summed E-state index contributed by atoms with van der Waals surface area (Å²) in [6, 6.07) is 9.17. The summed E-state index contributed by atoms with van der Waals surface area (Å²) >= 11 is 0. The number of aliphatic hydroxyl groups excluding tert-OH is 1. The lowest BCUT2D eigenvalue weighted by Crippen LogP contribution is -2.39. The van der Waals surface area contributed by atoms with Gasteiger partial charge in [-0.2, -0.15) is 0 Å². The first-order valence-corrected chi connectivity index (χ1v) is 6.38. The van der Waals surface area contributed by atoms with E-state index in [9.17, 15) is 9.90 Å². The number of rotatable bonds is 3. The van der Waals surface area contributed by atoms with Gasteiger partial charge in [0.1, 0.15) is 5.75 Å². The van der Waals surface area contributed by atoms with Gasteiger partial charge in [0.15, 0.2) is 0 Å². The Morgan fingerprint density at radius 3 is 2.89 bits per heavy atom. The highest BCUT2D eigenvalue weighted by atomic mass is 16.6. The SMILES string of the molecule is CC(O)CC1CCCN1C(=O)Oc1ccccc1. The Morgan fingerprint density at radius 1 is 1.50 bits per heavy atom. The third-order valence-corrected chi connectivity index (χ3v) is 3.17. The summed E-state index contributed by atoms with van der Waals surface area (Å²) < 4.78 is 5.32. The van der Waals surface area contributed by atoms with Crippen molar-refractivity contribution in [1.82, 2.24) is 4.90 Å². The molecule has 1 aliphatic heterocycles. The van der Waals surface area contributed by atoms with Gasteiger partial charge in [0.25, 0.3) is 0 Å². The number of carbonyl (C=O) groups is 1. The topological polar surface area (TPSA) is 49.8 Å². The van der Waals surface area contributed by atoms with Crippen molar-refractivity contribution in [2.75, 3.05) is 6.54 Å². The molecule has 1 fully saturated rings. The van der Waals surface area contributed by atoms with E-state index in [0.29, 0.717) is 18.7 Å². The van der Waals surface area contributed by atoms with Crippen LogP contribution in [0.3, 0.4) is 0 Å². The van der Waals surface area contributed by atoms with Gasteiger partial charge >= 0.3 is 6.09 Å². The van der Waals surface area contributed by atoms with Gasteiger partial charge < -0.3 is 14.7 Å². The molecule has 4 heteroatoms. The number of hydrogen-bond donors (Lipinski definition) is 1. The lowest BCUT2D eigenvalue weighted by atomic mass is 10.1. The van der Waals surface area contributed by atoms with Gasteiger partial charge in [-0.15, -0.1) is 0 Å². The molecule has 1 aromatic carbocycles. The van der Waals surface area contributed by atoms with Gasteiger partial charge in [0.2, 0.25) is 0 Å². The maximum absolute atomic E-state index is 12.0. The second kappa shape index (κ2) is 5.87. The highest BCUT2D eigenvalue weighted by Crippen LogP contribution is 2.23.